The first kappa shape index (κ1) is 10.7. The summed E-state index contributed by atoms with van der Waals surface area (Å²) in [5.74, 6) is 0.960. The molecular weight excluding hydrogens is 188 g/mol. The maximum Gasteiger partial charge on any atom is 0.309 e. The van der Waals surface area contributed by atoms with Gasteiger partial charge in [0.15, 0.2) is 0 Å². The summed E-state index contributed by atoms with van der Waals surface area (Å²) in [6.45, 7) is 4.91. The summed E-state index contributed by atoms with van der Waals surface area (Å²) in [4.78, 5) is 11.6. The molecule has 3 atom stereocenters. The van der Waals surface area contributed by atoms with E-state index in [2.05, 4.69) is 19.1 Å². The molecule has 0 spiro atoms. The highest BCUT2D eigenvalue weighted by atomic mass is 16.5. The molecule has 1 saturated heterocycles. The van der Waals surface area contributed by atoms with Crippen LogP contribution in [-0.4, -0.2) is 12.6 Å². The lowest BCUT2D eigenvalue weighted by atomic mass is 9.77. The Balaban J connectivity index is 2.16. The summed E-state index contributed by atoms with van der Waals surface area (Å²) in [5, 5.41) is 0. The number of ether oxygens (including phenoxy) is 1. The standard InChI is InChI=1S/C13H20O2/c1-3-5-6-13-8-10(4-2)7-11(13)12(14)15-9-13/h3,5,10-11H,4,6-9H2,1-2H3/b5-3+/t10?,11-,13+/m0/s1. The van der Waals surface area contributed by atoms with Crippen LogP contribution in [0.25, 0.3) is 0 Å². The summed E-state index contributed by atoms with van der Waals surface area (Å²) in [6, 6.07) is 0. The van der Waals surface area contributed by atoms with Gasteiger partial charge in [0, 0.05) is 5.41 Å². The number of hydrogen-bond acceptors (Lipinski definition) is 2. The van der Waals surface area contributed by atoms with Crippen LogP contribution in [-0.2, 0) is 9.53 Å². The zero-order valence-electron chi connectivity index (χ0n) is 9.66. The molecule has 84 valence electrons. The van der Waals surface area contributed by atoms with Gasteiger partial charge in [0.1, 0.15) is 0 Å². The summed E-state index contributed by atoms with van der Waals surface area (Å²) in [7, 11) is 0. The van der Waals surface area contributed by atoms with Crippen molar-refractivity contribution in [1.82, 2.24) is 0 Å². The molecule has 0 aromatic carbocycles. The van der Waals surface area contributed by atoms with Gasteiger partial charge >= 0.3 is 5.97 Å². The Kier molecular flexibility index (Phi) is 2.85. The number of esters is 1. The van der Waals surface area contributed by atoms with E-state index < -0.39 is 0 Å². The van der Waals surface area contributed by atoms with E-state index in [-0.39, 0.29) is 17.3 Å². The van der Waals surface area contributed by atoms with E-state index in [0.717, 1.165) is 18.8 Å². The van der Waals surface area contributed by atoms with Crippen LogP contribution in [0.15, 0.2) is 12.2 Å². The molecule has 0 radical (unpaired) electrons. The van der Waals surface area contributed by atoms with E-state index in [9.17, 15) is 4.79 Å². The first-order valence-electron chi connectivity index (χ1n) is 5.99. The van der Waals surface area contributed by atoms with Crippen molar-refractivity contribution in [3.8, 4) is 0 Å². The highest BCUT2D eigenvalue weighted by Gasteiger charge is 2.55. The maximum absolute atomic E-state index is 11.6. The number of carbonyl (C=O) groups is 1. The largest absolute Gasteiger partial charge is 0.465 e. The summed E-state index contributed by atoms with van der Waals surface area (Å²) >= 11 is 0. The van der Waals surface area contributed by atoms with Crippen molar-refractivity contribution in [3.63, 3.8) is 0 Å². The normalized spacial score (nSPS) is 39.7. The van der Waals surface area contributed by atoms with E-state index in [4.69, 9.17) is 4.74 Å². The lowest BCUT2D eigenvalue weighted by molar-refractivity contribution is -0.141. The van der Waals surface area contributed by atoms with Crippen molar-refractivity contribution in [2.45, 2.75) is 39.5 Å². The second-order valence-electron chi connectivity index (χ2n) is 5.01. The lowest BCUT2D eigenvalue weighted by Gasteiger charge is -2.23. The molecule has 1 aliphatic carbocycles. The zero-order valence-corrected chi connectivity index (χ0v) is 9.66. The van der Waals surface area contributed by atoms with Gasteiger partial charge in [0.2, 0.25) is 0 Å². The Morgan fingerprint density at radius 2 is 2.40 bits per heavy atom. The average Bonchev–Trinajstić information content (AvgIpc) is 2.74. The van der Waals surface area contributed by atoms with Gasteiger partial charge in [-0.1, -0.05) is 25.5 Å². The van der Waals surface area contributed by atoms with Gasteiger partial charge in [-0.05, 0) is 32.1 Å². The fraction of sp³-hybridized carbons (Fsp3) is 0.769. The van der Waals surface area contributed by atoms with E-state index in [1.807, 2.05) is 6.92 Å². The molecule has 1 unspecified atom stereocenters. The summed E-state index contributed by atoms with van der Waals surface area (Å²) < 4.78 is 5.24. The Morgan fingerprint density at radius 3 is 3.07 bits per heavy atom. The Morgan fingerprint density at radius 1 is 1.60 bits per heavy atom. The molecule has 1 saturated carbocycles. The molecule has 0 amide bonds. The minimum atomic E-state index is 0.0513. The minimum absolute atomic E-state index is 0.0513. The van der Waals surface area contributed by atoms with E-state index in [0.29, 0.717) is 6.61 Å². The molecule has 0 N–H and O–H groups in total. The van der Waals surface area contributed by atoms with Crippen molar-refractivity contribution in [3.05, 3.63) is 12.2 Å². The quantitative estimate of drug-likeness (QED) is 0.526. The Bertz CT molecular complexity index is 282. The Hall–Kier alpha value is -0.790. The number of hydrogen-bond donors (Lipinski definition) is 0. The van der Waals surface area contributed by atoms with Gasteiger partial charge in [-0.25, -0.2) is 0 Å². The first-order chi connectivity index (χ1) is 7.22. The predicted molar refractivity (Wildman–Crippen MR) is 59.3 cm³/mol. The van der Waals surface area contributed by atoms with Crippen LogP contribution in [0.4, 0.5) is 0 Å². The van der Waals surface area contributed by atoms with Crippen LogP contribution in [0.2, 0.25) is 0 Å². The molecule has 1 aliphatic heterocycles. The average molecular weight is 208 g/mol. The van der Waals surface area contributed by atoms with Crippen molar-refractivity contribution >= 4 is 5.97 Å². The molecule has 2 heteroatoms. The smallest absolute Gasteiger partial charge is 0.309 e. The highest BCUT2D eigenvalue weighted by molar-refractivity contribution is 5.76. The van der Waals surface area contributed by atoms with E-state index >= 15 is 0 Å². The number of allylic oxidation sites excluding steroid dienone is 2. The monoisotopic (exact) mass is 208 g/mol. The predicted octanol–water partition coefficient (Wildman–Crippen LogP) is 2.93. The number of fused-ring (bicyclic) bond motifs is 1. The molecule has 2 nitrogen and oxygen atoms in total. The fourth-order valence-electron chi connectivity index (χ4n) is 3.15. The van der Waals surface area contributed by atoms with Gasteiger partial charge in [-0.2, -0.15) is 0 Å². The van der Waals surface area contributed by atoms with Gasteiger partial charge in [-0.3, -0.25) is 4.79 Å². The topological polar surface area (TPSA) is 26.3 Å². The second-order valence-corrected chi connectivity index (χ2v) is 5.01. The number of carbonyl (C=O) groups excluding carboxylic acids is 1. The summed E-state index contributed by atoms with van der Waals surface area (Å²) in [6.07, 6.45) is 8.69. The van der Waals surface area contributed by atoms with Crippen LogP contribution in [0.1, 0.15) is 39.5 Å². The number of rotatable bonds is 3. The SMILES string of the molecule is C/C=C/C[C@@]12COC(=O)[C@@H]1CC(CC)C2. The minimum Gasteiger partial charge on any atom is -0.465 e. The molecule has 2 rings (SSSR count). The molecular formula is C13H20O2. The molecule has 2 fully saturated rings. The van der Waals surface area contributed by atoms with Crippen LogP contribution in [0.3, 0.4) is 0 Å². The molecule has 2 aliphatic rings. The summed E-state index contributed by atoms with van der Waals surface area (Å²) in [5.41, 5.74) is 0.143. The van der Waals surface area contributed by atoms with E-state index in [1.54, 1.807) is 0 Å². The van der Waals surface area contributed by atoms with Crippen molar-refractivity contribution in [2.24, 2.45) is 17.3 Å². The Labute approximate surface area is 91.7 Å². The molecule has 1 heterocycles. The fourth-order valence-corrected chi connectivity index (χ4v) is 3.15. The van der Waals surface area contributed by atoms with Crippen LogP contribution in [0.5, 0.6) is 0 Å². The lowest BCUT2D eigenvalue weighted by Crippen LogP contribution is -2.24. The third-order valence-electron chi connectivity index (χ3n) is 4.13. The maximum atomic E-state index is 11.6. The van der Waals surface area contributed by atoms with Gasteiger partial charge < -0.3 is 4.74 Å². The first-order valence-corrected chi connectivity index (χ1v) is 5.99. The van der Waals surface area contributed by atoms with Crippen molar-refractivity contribution in [2.75, 3.05) is 6.61 Å². The van der Waals surface area contributed by atoms with Crippen LogP contribution < -0.4 is 0 Å². The third-order valence-corrected chi connectivity index (χ3v) is 4.13. The van der Waals surface area contributed by atoms with Crippen molar-refractivity contribution in [1.29, 1.82) is 0 Å². The van der Waals surface area contributed by atoms with Gasteiger partial charge in [0.25, 0.3) is 0 Å². The molecule has 0 aromatic rings. The highest BCUT2D eigenvalue weighted by Crippen LogP contribution is 2.54. The van der Waals surface area contributed by atoms with Gasteiger partial charge in [0.05, 0.1) is 12.5 Å². The molecule has 0 bridgehead atoms. The molecule has 15 heavy (non-hydrogen) atoms. The number of cyclic esters (lactones) is 1. The third kappa shape index (κ3) is 1.70. The van der Waals surface area contributed by atoms with Gasteiger partial charge in [-0.15, -0.1) is 0 Å². The van der Waals surface area contributed by atoms with Crippen LogP contribution >= 0.6 is 0 Å². The molecule has 0 aromatic heterocycles. The van der Waals surface area contributed by atoms with E-state index in [1.165, 1.54) is 12.8 Å². The van der Waals surface area contributed by atoms with Crippen LogP contribution in [0, 0.1) is 17.3 Å². The second kappa shape index (κ2) is 3.99. The zero-order chi connectivity index (χ0) is 10.9. The van der Waals surface area contributed by atoms with Crippen molar-refractivity contribution < 1.29 is 9.53 Å².